The van der Waals surface area contributed by atoms with E-state index in [0.717, 1.165) is 5.69 Å². The molecule has 0 aliphatic heterocycles. The Labute approximate surface area is 139 Å². The van der Waals surface area contributed by atoms with E-state index in [1.54, 1.807) is 49.8 Å². The van der Waals surface area contributed by atoms with Crippen molar-refractivity contribution in [3.8, 4) is 0 Å². The van der Waals surface area contributed by atoms with Crippen molar-refractivity contribution in [1.29, 1.82) is 0 Å². The van der Waals surface area contributed by atoms with Gasteiger partial charge in [-0.2, -0.15) is 0 Å². The lowest BCUT2D eigenvalue weighted by atomic mass is 10.1. The van der Waals surface area contributed by atoms with Crippen LogP contribution in [0.1, 0.15) is 21.6 Å². The van der Waals surface area contributed by atoms with Crippen LogP contribution in [-0.2, 0) is 6.54 Å². The molecule has 0 aliphatic carbocycles. The van der Waals surface area contributed by atoms with Crippen molar-refractivity contribution in [3.05, 3.63) is 89.8 Å². The number of hydrogen-bond acceptors (Lipinski definition) is 3. The van der Waals surface area contributed by atoms with E-state index in [2.05, 4.69) is 9.97 Å². The molecule has 5 heteroatoms. The fourth-order valence-electron chi connectivity index (χ4n) is 2.42. The molecular formula is C19H16FN3O. The first-order valence-electron chi connectivity index (χ1n) is 7.54. The van der Waals surface area contributed by atoms with Gasteiger partial charge in [-0.25, -0.2) is 4.39 Å². The summed E-state index contributed by atoms with van der Waals surface area (Å²) in [6.07, 6.45) is 4.86. The average Bonchev–Trinajstić information content (AvgIpc) is 2.63. The normalized spacial score (nSPS) is 10.4. The van der Waals surface area contributed by atoms with Crippen LogP contribution in [0.15, 0.2) is 67.1 Å². The first kappa shape index (κ1) is 15.8. The van der Waals surface area contributed by atoms with E-state index in [0.29, 0.717) is 11.3 Å². The molecule has 0 unspecified atom stereocenters. The molecule has 1 amide bonds. The van der Waals surface area contributed by atoms with Crippen LogP contribution in [0.4, 0.5) is 10.1 Å². The molecule has 2 heterocycles. The van der Waals surface area contributed by atoms with Crippen LogP contribution in [0.2, 0.25) is 0 Å². The molecule has 0 spiro atoms. The Balaban J connectivity index is 2.01. The summed E-state index contributed by atoms with van der Waals surface area (Å²) in [5.41, 5.74) is 1.84. The third-order valence-corrected chi connectivity index (χ3v) is 3.69. The smallest absolute Gasteiger partial charge is 0.261 e. The van der Waals surface area contributed by atoms with Gasteiger partial charge < -0.3 is 4.90 Å². The topological polar surface area (TPSA) is 46.1 Å². The molecule has 1 aromatic carbocycles. The summed E-state index contributed by atoms with van der Waals surface area (Å²) < 4.78 is 14.4. The summed E-state index contributed by atoms with van der Waals surface area (Å²) in [6.45, 7) is 1.89. The monoisotopic (exact) mass is 321 g/mol. The van der Waals surface area contributed by atoms with Crippen LogP contribution < -0.4 is 4.90 Å². The number of carbonyl (C=O) groups excluding carboxylic acids is 1. The quantitative estimate of drug-likeness (QED) is 0.735. The van der Waals surface area contributed by atoms with Crippen LogP contribution in [-0.4, -0.2) is 15.9 Å². The van der Waals surface area contributed by atoms with Crippen LogP contribution in [0, 0.1) is 12.7 Å². The summed E-state index contributed by atoms with van der Waals surface area (Å²) in [4.78, 5) is 22.7. The van der Waals surface area contributed by atoms with Crippen molar-refractivity contribution >= 4 is 11.6 Å². The van der Waals surface area contributed by atoms with E-state index in [4.69, 9.17) is 0 Å². The van der Waals surface area contributed by atoms with E-state index in [-0.39, 0.29) is 12.1 Å². The number of carbonyl (C=O) groups is 1. The third-order valence-electron chi connectivity index (χ3n) is 3.69. The van der Waals surface area contributed by atoms with E-state index >= 15 is 0 Å². The van der Waals surface area contributed by atoms with Crippen LogP contribution in [0.5, 0.6) is 0 Å². The van der Waals surface area contributed by atoms with E-state index < -0.39 is 11.7 Å². The molecular weight excluding hydrogens is 305 g/mol. The third kappa shape index (κ3) is 3.30. The lowest BCUT2D eigenvalue weighted by Gasteiger charge is -2.23. The van der Waals surface area contributed by atoms with Gasteiger partial charge in [-0.05, 0) is 42.8 Å². The Kier molecular flexibility index (Phi) is 4.61. The highest BCUT2D eigenvalue weighted by molar-refractivity contribution is 6.06. The van der Waals surface area contributed by atoms with Gasteiger partial charge >= 0.3 is 0 Å². The second-order valence-corrected chi connectivity index (χ2v) is 5.35. The summed E-state index contributed by atoms with van der Waals surface area (Å²) in [5, 5.41) is 0. The molecule has 0 aliphatic rings. The van der Waals surface area contributed by atoms with Gasteiger partial charge in [0.1, 0.15) is 5.82 Å². The summed E-state index contributed by atoms with van der Waals surface area (Å²) in [5.74, 6) is -0.907. The van der Waals surface area contributed by atoms with Crippen molar-refractivity contribution in [2.45, 2.75) is 13.5 Å². The minimum Gasteiger partial charge on any atom is -0.302 e. The highest BCUT2D eigenvalue weighted by Crippen LogP contribution is 2.21. The Morgan fingerprint density at radius 2 is 1.83 bits per heavy atom. The van der Waals surface area contributed by atoms with Crippen molar-refractivity contribution in [2.24, 2.45) is 0 Å². The fourth-order valence-corrected chi connectivity index (χ4v) is 2.42. The van der Waals surface area contributed by atoms with Crippen LogP contribution in [0.25, 0.3) is 0 Å². The maximum Gasteiger partial charge on any atom is 0.261 e. The predicted molar refractivity (Wildman–Crippen MR) is 90.1 cm³/mol. The number of rotatable bonds is 4. The maximum absolute atomic E-state index is 14.4. The molecule has 0 atom stereocenters. The zero-order chi connectivity index (χ0) is 16.9. The Morgan fingerprint density at radius 3 is 2.54 bits per heavy atom. The maximum atomic E-state index is 14.4. The minimum atomic E-state index is -0.498. The molecule has 0 saturated heterocycles. The molecule has 3 aromatic rings. The molecule has 0 N–H and O–H groups in total. The van der Waals surface area contributed by atoms with E-state index in [1.807, 2.05) is 18.2 Å². The summed E-state index contributed by atoms with van der Waals surface area (Å²) >= 11 is 0. The highest BCUT2D eigenvalue weighted by Gasteiger charge is 2.22. The van der Waals surface area contributed by atoms with Gasteiger partial charge in [0.25, 0.3) is 5.91 Å². The number of halogens is 1. The lowest BCUT2D eigenvalue weighted by Crippen LogP contribution is -2.31. The number of aryl methyl sites for hydroxylation is 1. The minimum absolute atomic E-state index is 0.0442. The van der Waals surface area contributed by atoms with Gasteiger partial charge in [0.2, 0.25) is 0 Å². The van der Waals surface area contributed by atoms with Crippen molar-refractivity contribution in [2.75, 3.05) is 4.90 Å². The number of pyridine rings is 2. The molecule has 120 valence electrons. The lowest BCUT2D eigenvalue weighted by molar-refractivity contribution is 0.0980. The second-order valence-electron chi connectivity index (χ2n) is 5.35. The largest absolute Gasteiger partial charge is 0.302 e. The summed E-state index contributed by atoms with van der Waals surface area (Å²) in [6, 6.07) is 13.7. The molecule has 3 rings (SSSR count). The molecule has 0 fully saturated rings. The van der Waals surface area contributed by atoms with E-state index in [9.17, 15) is 9.18 Å². The van der Waals surface area contributed by atoms with E-state index in [1.165, 1.54) is 11.0 Å². The first-order valence-corrected chi connectivity index (χ1v) is 7.54. The van der Waals surface area contributed by atoms with Gasteiger partial charge in [0.15, 0.2) is 0 Å². The number of benzene rings is 1. The Hall–Kier alpha value is -3.08. The van der Waals surface area contributed by atoms with Gasteiger partial charge in [0, 0.05) is 24.3 Å². The number of amides is 1. The Bertz CT molecular complexity index is 838. The van der Waals surface area contributed by atoms with Crippen LogP contribution in [0.3, 0.4) is 0 Å². The van der Waals surface area contributed by atoms with Crippen molar-refractivity contribution in [1.82, 2.24) is 9.97 Å². The second kappa shape index (κ2) is 7.00. The summed E-state index contributed by atoms with van der Waals surface area (Å²) in [7, 11) is 0. The van der Waals surface area contributed by atoms with Gasteiger partial charge in [-0.3, -0.25) is 14.8 Å². The first-order chi connectivity index (χ1) is 11.7. The predicted octanol–water partition coefficient (Wildman–Crippen LogP) is 3.77. The zero-order valence-corrected chi connectivity index (χ0v) is 13.2. The zero-order valence-electron chi connectivity index (χ0n) is 13.2. The molecule has 2 aromatic heterocycles. The highest BCUT2D eigenvalue weighted by atomic mass is 19.1. The van der Waals surface area contributed by atoms with Gasteiger partial charge in [-0.15, -0.1) is 0 Å². The molecule has 0 bridgehead atoms. The number of hydrogen-bond donors (Lipinski definition) is 0. The molecule has 0 radical (unpaired) electrons. The Morgan fingerprint density at radius 1 is 1.04 bits per heavy atom. The van der Waals surface area contributed by atoms with Gasteiger partial charge in [0.05, 0.1) is 17.8 Å². The number of nitrogens with zero attached hydrogens (tertiary/aromatic N) is 3. The van der Waals surface area contributed by atoms with Crippen molar-refractivity contribution in [3.63, 3.8) is 0 Å². The average molecular weight is 321 g/mol. The molecule has 4 nitrogen and oxygen atoms in total. The standard InChI is InChI=1S/C19H16FN3O/c1-14-5-4-7-17(18(14)20)19(24)23(16-8-11-21-12-9-16)13-15-6-2-3-10-22-15/h2-12H,13H2,1H3. The SMILES string of the molecule is Cc1cccc(C(=O)N(Cc2ccccn2)c2ccncc2)c1F. The molecule has 24 heavy (non-hydrogen) atoms. The number of aromatic nitrogens is 2. The van der Waals surface area contributed by atoms with Gasteiger partial charge in [-0.1, -0.05) is 18.2 Å². The molecule has 0 saturated carbocycles. The number of anilines is 1. The fraction of sp³-hybridized carbons (Fsp3) is 0.105. The van der Waals surface area contributed by atoms with Crippen LogP contribution >= 0.6 is 0 Å². The van der Waals surface area contributed by atoms with Crippen molar-refractivity contribution < 1.29 is 9.18 Å².